The minimum atomic E-state index is 0.140. The van der Waals surface area contributed by atoms with Gasteiger partial charge in [0.15, 0.2) is 5.78 Å². The van der Waals surface area contributed by atoms with Crippen molar-refractivity contribution in [1.82, 2.24) is 4.98 Å². The smallest absolute Gasteiger partial charge is 0.167 e. The van der Waals surface area contributed by atoms with Crippen LogP contribution in [0.3, 0.4) is 0 Å². The highest BCUT2D eigenvalue weighted by atomic mass is 16.1. The third-order valence-corrected chi connectivity index (χ3v) is 2.92. The van der Waals surface area contributed by atoms with Gasteiger partial charge in [0.1, 0.15) is 0 Å². The zero-order valence-corrected chi connectivity index (χ0v) is 10.1. The first-order valence-electron chi connectivity index (χ1n) is 5.66. The van der Waals surface area contributed by atoms with Crippen molar-refractivity contribution < 1.29 is 4.79 Å². The number of rotatable bonds is 3. The van der Waals surface area contributed by atoms with Gasteiger partial charge in [-0.15, -0.1) is 0 Å². The van der Waals surface area contributed by atoms with Crippen molar-refractivity contribution in [2.75, 3.05) is 0 Å². The van der Waals surface area contributed by atoms with E-state index in [0.717, 1.165) is 16.7 Å². The Balaban J connectivity index is 2.18. The Hall–Kier alpha value is -1.96. The molecule has 0 atom stereocenters. The molecule has 0 aliphatic heterocycles. The molecule has 1 heterocycles. The number of carbonyl (C=O) groups excluding carboxylic acids is 1. The summed E-state index contributed by atoms with van der Waals surface area (Å²) in [6.07, 6.45) is 3.86. The van der Waals surface area contributed by atoms with Crippen LogP contribution >= 0.6 is 0 Å². The number of aryl methyl sites for hydroxylation is 2. The summed E-state index contributed by atoms with van der Waals surface area (Å²) < 4.78 is 0. The molecule has 0 saturated heterocycles. The molecule has 0 spiro atoms. The lowest BCUT2D eigenvalue weighted by Crippen LogP contribution is -2.04. The summed E-state index contributed by atoms with van der Waals surface area (Å²) >= 11 is 0. The topological polar surface area (TPSA) is 30.0 Å². The molecule has 0 saturated carbocycles. The van der Waals surface area contributed by atoms with Gasteiger partial charge in [0.05, 0.1) is 0 Å². The summed E-state index contributed by atoms with van der Waals surface area (Å²) in [4.78, 5) is 16.1. The summed E-state index contributed by atoms with van der Waals surface area (Å²) in [5, 5.41) is 0. The van der Waals surface area contributed by atoms with Gasteiger partial charge < -0.3 is 0 Å². The highest BCUT2D eigenvalue weighted by Gasteiger charge is 2.07. The maximum Gasteiger partial charge on any atom is 0.167 e. The number of aromatic nitrogens is 1. The lowest BCUT2D eigenvalue weighted by molar-refractivity contribution is 0.0993. The van der Waals surface area contributed by atoms with Crippen LogP contribution in [0.5, 0.6) is 0 Å². The Morgan fingerprint density at radius 1 is 1.18 bits per heavy atom. The minimum absolute atomic E-state index is 0.140. The lowest BCUT2D eigenvalue weighted by atomic mass is 10.0. The van der Waals surface area contributed by atoms with E-state index < -0.39 is 0 Å². The Morgan fingerprint density at radius 3 is 2.65 bits per heavy atom. The molecular formula is C15H15NO. The molecule has 0 N–H and O–H groups in total. The van der Waals surface area contributed by atoms with Gasteiger partial charge >= 0.3 is 0 Å². The van der Waals surface area contributed by atoms with E-state index in [9.17, 15) is 4.79 Å². The zero-order chi connectivity index (χ0) is 12.3. The molecule has 2 aromatic rings. The quantitative estimate of drug-likeness (QED) is 0.751. The molecule has 0 aliphatic carbocycles. The van der Waals surface area contributed by atoms with Crippen LogP contribution in [0.2, 0.25) is 0 Å². The van der Waals surface area contributed by atoms with E-state index >= 15 is 0 Å². The van der Waals surface area contributed by atoms with Crippen molar-refractivity contribution in [2.24, 2.45) is 0 Å². The summed E-state index contributed by atoms with van der Waals surface area (Å²) in [6.45, 7) is 4.07. The van der Waals surface area contributed by atoms with E-state index in [1.54, 1.807) is 12.4 Å². The van der Waals surface area contributed by atoms with E-state index in [0.29, 0.717) is 6.42 Å². The van der Waals surface area contributed by atoms with E-state index in [1.165, 1.54) is 5.56 Å². The Kier molecular flexibility index (Phi) is 3.33. The SMILES string of the molecule is Cc1ccc(C(=O)Cc2cccnc2)cc1C. The van der Waals surface area contributed by atoms with Gasteiger partial charge in [-0.05, 0) is 42.7 Å². The van der Waals surface area contributed by atoms with Crippen molar-refractivity contribution in [3.8, 4) is 0 Å². The van der Waals surface area contributed by atoms with Gasteiger partial charge in [-0.3, -0.25) is 9.78 Å². The van der Waals surface area contributed by atoms with E-state index in [1.807, 2.05) is 44.2 Å². The van der Waals surface area contributed by atoms with Crippen LogP contribution in [-0.2, 0) is 6.42 Å². The van der Waals surface area contributed by atoms with Crippen LogP contribution in [-0.4, -0.2) is 10.8 Å². The third kappa shape index (κ3) is 2.78. The van der Waals surface area contributed by atoms with Crippen LogP contribution in [0.25, 0.3) is 0 Å². The average molecular weight is 225 g/mol. The molecule has 2 rings (SSSR count). The van der Waals surface area contributed by atoms with Crippen LogP contribution in [0.1, 0.15) is 27.0 Å². The number of hydrogen-bond acceptors (Lipinski definition) is 2. The van der Waals surface area contributed by atoms with Crippen LogP contribution in [0.4, 0.5) is 0 Å². The Labute approximate surface area is 101 Å². The summed E-state index contributed by atoms with van der Waals surface area (Å²) in [7, 11) is 0. The van der Waals surface area contributed by atoms with Crippen molar-refractivity contribution in [3.05, 3.63) is 65.0 Å². The fourth-order valence-corrected chi connectivity index (χ4v) is 1.71. The summed E-state index contributed by atoms with van der Waals surface area (Å²) in [5.41, 5.74) is 4.10. The molecule has 0 aliphatic rings. The van der Waals surface area contributed by atoms with Crippen molar-refractivity contribution in [3.63, 3.8) is 0 Å². The number of ketones is 1. The maximum absolute atomic E-state index is 12.0. The minimum Gasteiger partial charge on any atom is -0.294 e. The number of benzene rings is 1. The van der Waals surface area contributed by atoms with Crippen LogP contribution < -0.4 is 0 Å². The maximum atomic E-state index is 12.0. The number of carbonyl (C=O) groups is 1. The van der Waals surface area contributed by atoms with Crippen LogP contribution in [0.15, 0.2) is 42.7 Å². The predicted octanol–water partition coefficient (Wildman–Crippen LogP) is 3.12. The number of pyridine rings is 1. The molecule has 0 bridgehead atoms. The van der Waals surface area contributed by atoms with Crippen molar-refractivity contribution in [1.29, 1.82) is 0 Å². The fourth-order valence-electron chi connectivity index (χ4n) is 1.71. The Morgan fingerprint density at radius 2 is 2.00 bits per heavy atom. The lowest BCUT2D eigenvalue weighted by Gasteiger charge is -2.04. The van der Waals surface area contributed by atoms with Crippen molar-refractivity contribution >= 4 is 5.78 Å². The van der Waals surface area contributed by atoms with Gasteiger partial charge in [0, 0.05) is 24.4 Å². The molecule has 17 heavy (non-hydrogen) atoms. The highest BCUT2D eigenvalue weighted by Crippen LogP contribution is 2.12. The zero-order valence-electron chi connectivity index (χ0n) is 10.1. The monoisotopic (exact) mass is 225 g/mol. The molecule has 0 amide bonds. The number of hydrogen-bond donors (Lipinski definition) is 0. The fraction of sp³-hybridized carbons (Fsp3) is 0.200. The summed E-state index contributed by atoms with van der Waals surface area (Å²) in [5.74, 6) is 0.140. The molecule has 0 unspecified atom stereocenters. The molecule has 2 heteroatoms. The largest absolute Gasteiger partial charge is 0.294 e. The van der Waals surface area contributed by atoms with E-state index in [-0.39, 0.29) is 5.78 Å². The van der Waals surface area contributed by atoms with Gasteiger partial charge in [-0.1, -0.05) is 18.2 Å². The normalized spacial score (nSPS) is 10.2. The standard InChI is InChI=1S/C15H15NO/c1-11-5-6-14(8-12(11)2)15(17)9-13-4-3-7-16-10-13/h3-8,10H,9H2,1-2H3. The molecule has 0 fully saturated rings. The van der Waals surface area contributed by atoms with Crippen molar-refractivity contribution in [2.45, 2.75) is 20.3 Å². The van der Waals surface area contributed by atoms with Gasteiger partial charge in [0.2, 0.25) is 0 Å². The Bertz CT molecular complexity index is 532. The molecule has 1 aromatic heterocycles. The average Bonchev–Trinajstić information content (AvgIpc) is 2.34. The van der Waals surface area contributed by atoms with Gasteiger partial charge in [-0.2, -0.15) is 0 Å². The molecule has 1 aromatic carbocycles. The van der Waals surface area contributed by atoms with E-state index in [2.05, 4.69) is 4.98 Å². The second-order valence-electron chi connectivity index (χ2n) is 4.26. The predicted molar refractivity (Wildman–Crippen MR) is 68.2 cm³/mol. The van der Waals surface area contributed by atoms with Crippen LogP contribution in [0, 0.1) is 13.8 Å². The second kappa shape index (κ2) is 4.91. The molecule has 0 radical (unpaired) electrons. The first-order chi connectivity index (χ1) is 8.16. The number of nitrogens with zero attached hydrogens (tertiary/aromatic N) is 1. The molecular weight excluding hydrogens is 210 g/mol. The molecule has 2 nitrogen and oxygen atoms in total. The van der Waals surface area contributed by atoms with Gasteiger partial charge in [-0.25, -0.2) is 0 Å². The van der Waals surface area contributed by atoms with Gasteiger partial charge in [0.25, 0.3) is 0 Å². The number of Topliss-reactive ketones (excluding diaryl/α,β-unsaturated/α-hetero) is 1. The first kappa shape index (κ1) is 11.5. The summed E-state index contributed by atoms with van der Waals surface area (Å²) in [6, 6.07) is 9.61. The first-order valence-corrected chi connectivity index (χ1v) is 5.66. The third-order valence-electron chi connectivity index (χ3n) is 2.92. The van der Waals surface area contributed by atoms with E-state index in [4.69, 9.17) is 0 Å². The second-order valence-corrected chi connectivity index (χ2v) is 4.26. The highest BCUT2D eigenvalue weighted by molar-refractivity contribution is 5.97. The molecule has 86 valence electrons.